The SMILES string of the molecule is CC(=O)NC1(c2ccccc2)CCN(CCC2(c3ccc(Cl)c(Cl)c3)CN(Cc3ccccc3)C(=O)N2C)CC1. The summed E-state index contributed by atoms with van der Waals surface area (Å²) in [5.41, 5.74) is 2.32. The smallest absolute Gasteiger partial charge is 0.320 e. The van der Waals surface area contributed by atoms with Gasteiger partial charge >= 0.3 is 6.03 Å². The number of likely N-dealkylation sites (tertiary alicyclic amines) is 1. The normalized spacial score (nSPS) is 21.1. The third-order valence-electron chi connectivity index (χ3n) is 8.62. The van der Waals surface area contributed by atoms with E-state index in [1.165, 1.54) is 0 Å². The van der Waals surface area contributed by atoms with Crippen molar-refractivity contribution < 1.29 is 9.59 Å². The van der Waals surface area contributed by atoms with Gasteiger partial charge < -0.3 is 20.0 Å². The van der Waals surface area contributed by atoms with Crippen molar-refractivity contribution >= 4 is 35.1 Å². The summed E-state index contributed by atoms with van der Waals surface area (Å²) in [6, 6.07) is 26.1. The van der Waals surface area contributed by atoms with Gasteiger partial charge in [0.1, 0.15) is 0 Å². The second-order valence-corrected chi connectivity index (χ2v) is 11.9. The van der Waals surface area contributed by atoms with Gasteiger partial charge in [-0.2, -0.15) is 0 Å². The Kier molecular flexibility index (Phi) is 8.41. The highest BCUT2D eigenvalue weighted by molar-refractivity contribution is 6.42. The number of carbonyl (C=O) groups is 2. The quantitative estimate of drug-likeness (QED) is 0.342. The van der Waals surface area contributed by atoms with E-state index in [9.17, 15) is 9.59 Å². The average molecular weight is 580 g/mol. The summed E-state index contributed by atoms with van der Waals surface area (Å²) in [6.45, 7) is 5.19. The third-order valence-corrected chi connectivity index (χ3v) is 9.36. The average Bonchev–Trinajstić information content (AvgIpc) is 3.20. The first-order valence-electron chi connectivity index (χ1n) is 13.8. The zero-order chi connectivity index (χ0) is 28.3. The highest BCUT2D eigenvalue weighted by Gasteiger charge is 2.49. The molecule has 0 radical (unpaired) electrons. The molecule has 2 fully saturated rings. The molecular weight excluding hydrogens is 543 g/mol. The van der Waals surface area contributed by atoms with Gasteiger partial charge in [0, 0.05) is 40.2 Å². The topological polar surface area (TPSA) is 55.9 Å². The summed E-state index contributed by atoms with van der Waals surface area (Å²) in [6.07, 6.45) is 2.40. The minimum absolute atomic E-state index is 0.00215. The molecule has 0 aliphatic carbocycles. The Bertz CT molecular complexity index is 1350. The number of nitrogens with one attached hydrogen (secondary N) is 1. The second kappa shape index (κ2) is 11.8. The van der Waals surface area contributed by atoms with Crippen molar-refractivity contribution in [1.29, 1.82) is 0 Å². The van der Waals surface area contributed by atoms with Crippen molar-refractivity contribution in [3.63, 3.8) is 0 Å². The lowest BCUT2D eigenvalue weighted by molar-refractivity contribution is -0.121. The van der Waals surface area contributed by atoms with Gasteiger partial charge in [0.2, 0.25) is 5.91 Å². The van der Waals surface area contributed by atoms with Crippen LogP contribution in [0.5, 0.6) is 0 Å². The molecule has 210 valence electrons. The summed E-state index contributed by atoms with van der Waals surface area (Å²) < 4.78 is 0. The molecule has 0 saturated carbocycles. The summed E-state index contributed by atoms with van der Waals surface area (Å²) >= 11 is 12.8. The highest BCUT2D eigenvalue weighted by Crippen LogP contribution is 2.41. The first kappa shape index (κ1) is 28.5. The van der Waals surface area contributed by atoms with E-state index >= 15 is 0 Å². The van der Waals surface area contributed by atoms with Crippen LogP contribution in [0.25, 0.3) is 0 Å². The van der Waals surface area contributed by atoms with Crippen LogP contribution < -0.4 is 5.32 Å². The Hall–Kier alpha value is -3.06. The van der Waals surface area contributed by atoms with Gasteiger partial charge in [-0.3, -0.25) is 4.79 Å². The first-order chi connectivity index (χ1) is 19.2. The number of hydrogen-bond donors (Lipinski definition) is 1. The molecular formula is C32H36Cl2N4O2. The molecule has 0 aromatic heterocycles. The predicted molar refractivity (Wildman–Crippen MR) is 160 cm³/mol. The standard InChI is InChI=1S/C32H36Cl2N4O2/c1-24(39)35-31(26-11-7-4-8-12-26)15-18-37(19-16-31)20-17-32(27-13-14-28(33)29(34)21-27)23-38(30(40)36(32)2)22-25-9-5-3-6-10-25/h3-14,21H,15-20,22-23H2,1-2H3,(H,35,39). The van der Waals surface area contributed by atoms with E-state index < -0.39 is 5.54 Å². The van der Waals surface area contributed by atoms with Crippen molar-refractivity contribution in [1.82, 2.24) is 20.0 Å². The molecule has 0 bridgehead atoms. The van der Waals surface area contributed by atoms with Crippen LogP contribution in [0.3, 0.4) is 0 Å². The van der Waals surface area contributed by atoms with E-state index in [1.54, 1.807) is 6.92 Å². The Labute approximate surface area is 246 Å². The number of nitrogens with zero attached hydrogens (tertiary/aromatic N) is 3. The molecule has 2 heterocycles. The lowest BCUT2D eigenvalue weighted by Gasteiger charge is -2.44. The largest absolute Gasteiger partial charge is 0.347 e. The van der Waals surface area contributed by atoms with Gasteiger partial charge in [0.25, 0.3) is 0 Å². The molecule has 40 heavy (non-hydrogen) atoms. The number of rotatable bonds is 8. The fraction of sp³-hybridized carbons (Fsp3) is 0.375. The monoisotopic (exact) mass is 578 g/mol. The Morgan fingerprint density at radius 1 is 0.900 bits per heavy atom. The number of benzene rings is 3. The molecule has 8 heteroatoms. The minimum atomic E-state index is -0.550. The molecule has 1 unspecified atom stereocenters. The van der Waals surface area contributed by atoms with Gasteiger partial charge in [-0.05, 0) is 48.1 Å². The summed E-state index contributed by atoms with van der Waals surface area (Å²) in [5.74, 6) is -0.0135. The molecule has 3 amide bonds. The van der Waals surface area contributed by atoms with Crippen LogP contribution >= 0.6 is 23.2 Å². The van der Waals surface area contributed by atoms with E-state index in [0.29, 0.717) is 23.1 Å². The second-order valence-electron chi connectivity index (χ2n) is 11.1. The van der Waals surface area contributed by atoms with E-state index in [4.69, 9.17) is 23.2 Å². The molecule has 2 aliphatic heterocycles. The van der Waals surface area contributed by atoms with Crippen LogP contribution in [0.1, 0.15) is 42.9 Å². The number of halogens is 2. The summed E-state index contributed by atoms with van der Waals surface area (Å²) in [5, 5.41) is 4.25. The zero-order valence-electron chi connectivity index (χ0n) is 23.1. The van der Waals surface area contributed by atoms with Gasteiger partial charge in [-0.1, -0.05) is 89.9 Å². The molecule has 3 aromatic rings. The lowest BCUT2D eigenvalue weighted by Crippen LogP contribution is -2.53. The highest BCUT2D eigenvalue weighted by atomic mass is 35.5. The van der Waals surface area contributed by atoms with Crippen LogP contribution in [0.4, 0.5) is 4.79 Å². The van der Waals surface area contributed by atoms with Crippen LogP contribution in [-0.4, -0.2) is 59.9 Å². The molecule has 5 rings (SSSR count). The van der Waals surface area contributed by atoms with Crippen molar-refractivity contribution in [3.05, 3.63) is 106 Å². The summed E-state index contributed by atoms with van der Waals surface area (Å²) in [4.78, 5) is 32.0. The molecule has 2 saturated heterocycles. The molecule has 6 nitrogen and oxygen atoms in total. The fourth-order valence-corrected chi connectivity index (χ4v) is 6.65. The number of carbonyl (C=O) groups excluding carboxylic acids is 2. The van der Waals surface area contributed by atoms with Crippen molar-refractivity contribution in [2.45, 2.75) is 43.8 Å². The Morgan fingerprint density at radius 3 is 2.17 bits per heavy atom. The number of likely N-dealkylation sites (N-methyl/N-ethyl adjacent to an activating group) is 1. The molecule has 2 aliphatic rings. The molecule has 1 N–H and O–H groups in total. The maximum absolute atomic E-state index is 13.6. The molecule has 1 atom stereocenters. The zero-order valence-corrected chi connectivity index (χ0v) is 24.6. The maximum Gasteiger partial charge on any atom is 0.320 e. The van der Waals surface area contributed by atoms with E-state index in [0.717, 1.165) is 55.6 Å². The van der Waals surface area contributed by atoms with E-state index in [1.807, 2.05) is 83.6 Å². The molecule has 0 spiro atoms. The summed E-state index contributed by atoms with van der Waals surface area (Å²) in [7, 11) is 1.89. The Balaban J connectivity index is 1.36. The number of urea groups is 1. The lowest BCUT2D eigenvalue weighted by atomic mass is 9.80. The van der Waals surface area contributed by atoms with Gasteiger partial charge in [-0.25, -0.2) is 4.79 Å². The number of hydrogen-bond acceptors (Lipinski definition) is 3. The van der Waals surface area contributed by atoms with Crippen LogP contribution in [-0.2, 0) is 22.4 Å². The van der Waals surface area contributed by atoms with Gasteiger partial charge in [0.15, 0.2) is 0 Å². The number of amides is 3. The van der Waals surface area contributed by atoms with E-state index in [2.05, 4.69) is 22.3 Å². The predicted octanol–water partition coefficient (Wildman–Crippen LogP) is 6.27. The van der Waals surface area contributed by atoms with Gasteiger partial charge in [0.05, 0.1) is 27.7 Å². The Morgan fingerprint density at radius 2 is 1.55 bits per heavy atom. The van der Waals surface area contributed by atoms with Crippen molar-refractivity contribution in [3.8, 4) is 0 Å². The number of piperidine rings is 1. The first-order valence-corrected chi connectivity index (χ1v) is 14.6. The maximum atomic E-state index is 13.6. The van der Waals surface area contributed by atoms with E-state index in [-0.39, 0.29) is 17.5 Å². The van der Waals surface area contributed by atoms with Crippen LogP contribution in [0.2, 0.25) is 10.0 Å². The molecule has 3 aromatic carbocycles. The minimum Gasteiger partial charge on any atom is -0.347 e. The van der Waals surface area contributed by atoms with Crippen molar-refractivity contribution in [2.75, 3.05) is 33.2 Å². The fourth-order valence-electron chi connectivity index (χ4n) is 6.36. The third kappa shape index (κ3) is 5.71. The van der Waals surface area contributed by atoms with Crippen LogP contribution in [0.15, 0.2) is 78.9 Å². The van der Waals surface area contributed by atoms with Gasteiger partial charge in [-0.15, -0.1) is 0 Å². The van der Waals surface area contributed by atoms with Crippen LogP contribution in [0, 0.1) is 0 Å². The van der Waals surface area contributed by atoms with Crippen molar-refractivity contribution in [2.24, 2.45) is 0 Å².